The Morgan fingerprint density at radius 2 is 1.28 bits per heavy atom. The van der Waals surface area contributed by atoms with Crippen molar-refractivity contribution in [3.8, 4) is 0 Å². The summed E-state index contributed by atoms with van der Waals surface area (Å²) in [5, 5.41) is 0. The van der Waals surface area contributed by atoms with Gasteiger partial charge in [-0.05, 0) is 41.5 Å². The van der Waals surface area contributed by atoms with Crippen molar-refractivity contribution in [2.24, 2.45) is 0 Å². The van der Waals surface area contributed by atoms with Crippen LogP contribution in [0.4, 0.5) is 26.3 Å². The molecule has 10 heteroatoms. The molecule has 0 spiro atoms. The predicted molar refractivity (Wildman–Crippen MR) is 76.6 cm³/mol. The molecule has 0 atom stereocenters. The van der Waals surface area contributed by atoms with Crippen LogP contribution >= 0.6 is 0 Å². The van der Waals surface area contributed by atoms with Gasteiger partial charge < -0.3 is 14.2 Å². The molecule has 4 nitrogen and oxygen atoms in total. The molecule has 0 aliphatic carbocycles. The zero-order valence-corrected chi connectivity index (χ0v) is 14.8. The number of carbonyl (C=O) groups is 1. The van der Waals surface area contributed by atoms with Gasteiger partial charge in [-0.1, -0.05) is 6.58 Å². The molecule has 0 aromatic heterocycles. The normalized spacial score (nSPS) is 14.4. The van der Waals surface area contributed by atoms with E-state index in [1.165, 1.54) is 20.8 Å². The number of carbonyl (C=O) groups excluding carboxylic acids is 1. The Bertz CT molecular complexity index is 486. The molecule has 0 rings (SSSR count). The summed E-state index contributed by atoms with van der Waals surface area (Å²) in [5.74, 6) is -1.41. The number of halogens is 6. The summed E-state index contributed by atoms with van der Waals surface area (Å²) in [6, 6.07) is 0. The minimum absolute atomic E-state index is 0.364. The van der Waals surface area contributed by atoms with Crippen molar-refractivity contribution < 1.29 is 45.3 Å². The standard InChI is InChI=1S/C15H22F6O4/c1-9(2)10(22)25-12(6,7)13(14(16,17)18,15(19,20)21)24-8-23-11(3,4)5/h1,8H2,2-7H3. The Labute approximate surface area is 142 Å². The Morgan fingerprint density at radius 3 is 1.56 bits per heavy atom. The topological polar surface area (TPSA) is 44.8 Å². The van der Waals surface area contributed by atoms with Gasteiger partial charge in [0.25, 0.3) is 0 Å². The lowest BCUT2D eigenvalue weighted by molar-refractivity contribution is -0.432. The first-order chi connectivity index (χ1) is 10.8. The largest absolute Gasteiger partial charge is 0.452 e. The molecule has 0 radical (unpaired) electrons. The highest BCUT2D eigenvalue weighted by atomic mass is 19.4. The molecule has 0 N–H and O–H groups in total. The predicted octanol–water partition coefficient (Wildman–Crippen LogP) is 4.54. The lowest BCUT2D eigenvalue weighted by Gasteiger charge is -2.46. The van der Waals surface area contributed by atoms with Crippen molar-refractivity contribution >= 4 is 5.97 Å². The molecule has 0 saturated heterocycles. The molecule has 0 aliphatic heterocycles. The monoisotopic (exact) mass is 380 g/mol. The van der Waals surface area contributed by atoms with Crippen LogP contribution in [0.5, 0.6) is 0 Å². The molecule has 25 heavy (non-hydrogen) atoms. The van der Waals surface area contributed by atoms with Gasteiger partial charge in [0.05, 0.1) is 5.60 Å². The maximum absolute atomic E-state index is 13.5. The summed E-state index contributed by atoms with van der Waals surface area (Å²) in [6.07, 6.45) is -11.9. The minimum atomic E-state index is -5.95. The Balaban J connectivity index is 6.11. The summed E-state index contributed by atoms with van der Waals surface area (Å²) < 4.78 is 94.6. The number of alkyl halides is 6. The smallest absolute Gasteiger partial charge is 0.430 e. The van der Waals surface area contributed by atoms with Crippen molar-refractivity contribution in [3.05, 3.63) is 12.2 Å². The third-order valence-corrected chi connectivity index (χ3v) is 3.11. The third-order valence-electron chi connectivity index (χ3n) is 3.11. The molecular formula is C15H22F6O4. The minimum Gasteiger partial charge on any atom is -0.452 e. The quantitative estimate of drug-likeness (QED) is 0.294. The van der Waals surface area contributed by atoms with E-state index in [0.717, 1.165) is 6.92 Å². The summed E-state index contributed by atoms with van der Waals surface area (Å²) in [5.41, 5.74) is -9.37. The first-order valence-corrected chi connectivity index (χ1v) is 7.09. The van der Waals surface area contributed by atoms with Gasteiger partial charge in [0, 0.05) is 5.57 Å². The number of hydrogen-bond donors (Lipinski definition) is 0. The molecule has 0 bridgehead atoms. The van der Waals surface area contributed by atoms with E-state index in [0.29, 0.717) is 13.8 Å². The highest BCUT2D eigenvalue weighted by Crippen LogP contribution is 2.53. The van der Waals surface area contributed by atoms with Crippen LogP contribution in [-0.4, -0.2) is 41.9 Å². The van der Waals surface area contributed by atoms with Crippen molar-refractivity contribution in [2.45, 2.75) is 70.7 Å². The van der Waals surface area contributed by atoms with Gasteiger partial charge in [0.2, 0.25) is 0 Å². The number of hydrogen-bond acceptors (Lipinski definition) is 4. The van der Waals surface area contributed by atoms with Crippen LogP contribution < -0.4 is 0 Å². The molecule has 0 amide bonds. The molecule has 0 fully saturated rings. The van der Waals surface area contributed by atoms with Crippen molar-refractivity contribution in [1.29, 1.82) is 0 Å². The average Bonchev–Trinajstić information content (AvgIpc) is 2.28. The van der Waals surface area contributed by atoms with Crippen LogP contribution in [0, 0.1) is 0 Å². The molecule has 0 unspecified atom stereocenters. The average molecular weight is 380 g/mol. The molecule has 0 saturated carbocycles. The van der Waals surface area contributed by atoms with Gasteiger partial charge >= 0.3 is 23.9 Å². The van der Waals surface area contributed by atoms with Gasteiger partial charge in [-0.15, -0.1) is 0 Å². The highest BCUT2D eigenvalue weighted by molar-refractivity contribution is 5.87. The SMILES string of the molecule is C=C(C)C(=O)OC(C)(C)C(OCOC(C)(C)C)(C(F)(F)F)C(F)(F)F. The van der Waals surface area contributed by atoms with Crippen LogP contribution in [-0.2, 0) is 19.0 Å². The highest BCUT2D eigenvalue weighted by Gasteiger charge is 2.80. The second-order valence-corrected chi connectivity index (χ2v) is 6.88. The number of rotatable bonds is 6. The zero-order chi connectivity index (χ0) is 20.5. The zero-order valence-electron chi connectivity index (χ0n) is 14.8. The van der Waals surface area contributed by atoms with Gasteiger partial charge in [-0.3, -0.25) is 0 Å². The maximum atomic E-state index is 13.5. The fourth-order valence-electron chi connectivity index (χ4n) is 1.87. The second-order valence-electron chi connectivity index (χ2n) is 6.88. The number of ether oxygens (including phenoxy) is 3. The Kier molecular flexibility index (Phi) is 6.77. The summed E-state index contributed by atoms with van der Waals surface area (Å²) in [6.45, 7) is 8.10. The van der Waals surface area contributed by atoms with E-state index >= 15 is 0 Å². The molecule has 0 heterocycles. The van der Waals surface area contributed by atoms with Crippen LogP contribution in [0.25, 0.3) is 0 Å². The molecular weight excluding hydrogens is 358 g/mol. The van der Waals surface area contributed by atoms with Gasteiger partial charge in [-0.25, -0.2) is 4.79 Å². The lowest BCUT2D eigenvalue weighted by atomic mass is 9.83. The van der Waals surface area contributed by atoms with Crippen LogP contribution in [0.1, 0.15) is 41.5 Å². The maximum Gasteiger partial charge on any atom is 0.430 e. The second kappa shape index (κ2) is 7.14. The van der Waals surface area contributed by atoms with E-state index in [-0.39, 0.29) is 5.57 Å². The van der Waals surface area contributed by atoms with Crippen LogP contribution in [0.15, 0.2) is 12.2 Å². The fourth-order valence-corrected chi connectivity index (χ4v) is 1.87. The van der Waals surface area contributed by atoms with E-state index in [4.69, 9.17) is 4.74 Å². The summed E-state index contributed by atoms with van der Waals surface area (Å²) in [4.78, 5) is 11.5. The fraction of sp³-hybridized carbons (Fsp3) is 0.800. The van der Waals surface area contributed by atoms with Gasteiger partial charge in [-0.2, -0.15) is 26.3 Å². The van der Waals surface area contributed by atoms with E-state index in [1.807, 2.05) is 0 Å². The van der Waals surface area contributed by atoms with E-state index in [1.54, 1.807) is 0 Å². The van der Waals surface area contributed by atoms with Gasteiger partial charge in [0.1, 0.15) is 6.79 Å². The summed E-state index contributed by atoms with van der Waals surface area (Å²) >= 11 is 0. The molecule has 0 aromatic carbocycles. The molecule has 0 aliphatic rings. The van der Waals surface area contributed by atoms with Crippen molar-refractivity contribution in [1.82, 2.24) is 0 Å². The first kappa shape index (κ1) is 23.7. The van der Waals surface area contributed by atoms with Crippen molar-refractivity contribution in [3.63, 3.8) is 0 Å². The Hall–Kier alpha value is -1.29. The van der Waals surface area contributed by atoms with Crippen molar-refractivity contribution in [2.75, 3.05) is 6.79 Å². The Morgan fingerprint density at radius 1 is 0.880 bits per heavy atom. The molecule has 0 aromatic rings. The molecule has 148 valence electrons. The lowest BCUT2D eigenvalue weighted by Crippen LogP contribution is -2.71. The van der Waals surface area contributed by atoms with Crippen LogP contribution in [0.3, 0.4) is 0 Å². The summed E-state index contributed by atoms with van der Waals surface area (Å²) in [7, 11) is 0. The first-order valence-electron chi connectivity index (χ1n) is 7.09. The number of esters is 1. The van der Waals surface area contributed by atoms with E-state index in [2.05, 4.69) is 16.1 Å². The van der Waals surface area contributed by atoms with Gasteiger partial charge in [0.15, 0.2) is 5.60 Å². The van der Waals surface area contributed by atoms with E-state index in [9.17, 15) is 31.1 Å². The third kappa shape index (κ3) is 5.34. The van der Waals surface area contributed by atoms with Crippen LogP contribution in [0.2, 0.25) is 0 Å². The van der Waals surface area contributed by atoms with E-state index < -0.39 is 41.9 Å².